The molecule has 1 aliphatic rings. The van der Waals surface area contributed by atoms with Crippen LogP contribution < -0.4 is 4.90 Å². The van der Waals surface area contributed by atoms with E-state index in [0.717, 1.165) is 0 Å². The minimum absolute atomic E-state index is 0.112. The van der Waals surface area contributed by atoms with Crippen LogP contribution in [0.2, 0.25) is 0 Å². The zero-order valence-corrected chi connectivity index (χ0v) is 9.56. The highest BCUT2D eigenvalue weighted by molar-refractivity contribution is 9.10. The third-order valence-electron chi connectivity index (χ3n) is 2.34. The summed E-state index contributed by atoms with van der Waals surface area (Å²) in [5.74, 6) is -1.15. The van der Waals surface area contributed by atoms with Gasteiger partial charge in [-0.2, -0.15) is 0 Å². The number of morpholine rings is 1. The van der Waals surface area contributed by atoms with Gasteiger partial charge in [-0.3, -0.25) is 0 Å². The van der Waals surface area contributed by atoms with E-state index in [2.05, 4.69) is 15.9 Å². The summed E-state index contributed by atoms with van der Waals surface area (Å²) in [6.45, 7) is 2.53. The predicted molar refractivity (Wildman–Crippen MR) is 57.1 cm³/mol. The number of hydrogen-bond donors (Lipinski definition) is 0. The highest BCUT2D eigenvalue weighted by atomic mass is 79.9. The molecule has 0 aromatic heterocycles. The summed E-state index contributed by atoms with van der Waals surface area (Å²) in [6.07, 6.45) is 0. The molecular formula is C10H10BrF2NO. The van der Waals surface area contributed by atoms with Crippen LogP contribution in [0.3, 0.4) is 0 Å². The smallest absolute Gasteiger partial charge is 0.142 e. The Morgan fingerprint density at radius 2 is 1.67 bits per heavy atom. The number of halogens is 3. The van der Waals surface area contributed by atoms with Gasteiger partial charge in [-0.1, -0.05) is 0 Å². The minimum Gasteiger partial charge on any atom is -0.378 e. The molecule has 2 rings (SSSR count). The molecule has 0 bridgehead atoms. The number of nitrogens with zero attached hydrogens (tertiary/aromatic N) is 1. The van der Waals surface area contributed by atoms with Gasteiger partial charge in [-0.15, -0.1) is 0 Å². The molecule has 0 unspecified atom stereocenters. The first kappa shape index (κ1) is 10.8. The molecule has 0 spiro atoms. The van der Waals surface area contributed by atoms with Crippen LogP contribution in [0.15, 0.2) is 16.6 Å². The molecule has 1 aromatic carbocycles. The summed E-state index contributed by atoms with van der Waals surface area (Å²) in [6, 6.07) is 2.66. The first-order chi connectivity index (χ1) is 7.18. The van der Waals surface area contributed by atoms with Gasteiger partial charge in [-0.25, -0.2) is 8.78 Å². The van der Waals surface area contributed by atoms with Crippen LogP contribution in [0.5, 0.6) is 0 Å². The average molecular weight is 278 g/mol. The van der Waals surface area contributed by atoms with Gasteiger partial charge in [0.1, 0.15) is 11.6 Å². The summed E-state index contributed by atoms with van der Waals surface area (Å²) in [4.78, 5) is 1.90. The Balaban J connectivity index is 2.27. The molecular weight excluding hydrogens is 268 g/mol. The van der Waals surface area contributed by atoms with Gasteiger partial charge in [0.15, 0.2) is 0 Å². The van der Waals surface area contributed by atoms with E-state index < -0.39 is 11.6 Å². The maximum absolute atomic E-state index is 13.3. The van der Waals surface area contributed by atoms with E-state index in [1.54, 1.807) is 0 Å². The van der Waals surface area contributed by atoms with Crippen LogP contribution in [-0.2, 0) is 4.74 Å². The molecule has 1 fully saturated rings. The molecule has 1 heterocycles. The fourth-order valence-corrected chi connectivity index (χ4v) is 1.78. The van der Waals surface area contributed by atoms with Crippen molar-refractivity contribution in [1.82, 2.24) is 0 Å². The van der Waals surface area contributed by atoms with Crippen LogP contribution in [-0.4, -0.2) is 26.3 Å². The Kier molecular flexibility index (Phi) is 3.21. The molecule has 1 aromatic rings. The second kappa shape index (κ2) is 4.45. The Morgan fingerprint density at radius 3 is 2.20 bits per heavy atom. The van der Waals surface area contributed by atoms with Gasteiger partial charge < -0.3 is 9.64 Å². The normalized spacial score (nSPS) is 16.9. The lowest BCUT2D eigenvalue weighted by Gasteiger charge is -2.29. The van der Waals surface area contributed by atoms with Crippen molar-refractivity contribution in [1.29, 1.82) is 0 Å². The van der Waals surface area contributed by atoms with Crippen LogP contribution in [0.25, 0.3) is 0 Å². The van der Waals surface area contributed by atoms with Gasteiger partial charge in [0, 0.05) is 18.8 Å². The van der Waals surface area contributed by atoms with E-state index in [1.807, 2.05) is 4.90 Å². The minimum atomic E-state index is -0.573. The SMILES string of the molecule is Fc1cc(N2CCOCC2)cc(F)c1Br. The number of rotatable bonds is 1. The maximum atomic E-state index is 13.3. The highest BCUT2D eigenvalue weighted by Gasteiger charge is 2.15. The molecule has 82 valence electrons. The zero-order chi connectivity index (χ0) is 10.8. The van der Waals surface area contributed by atoms with Gasteiger partial charge >= 0.3 is 0 Å². The summed E-state index contributed by atoms with van der Waals surface area (Å²) in [5.41, 5.74) is 0.566. The standard InChI is InChI=1S/C10H10BrF2NO/c11-10-8(12)5-7(6-9(10)13)14-1-3-15-4-2-14/h5-6H,1-4H2. The molecule has 1 aliphatic heterocycles. The van der Waals surface area contributed by atoms with E-state index >= 15 is 0 Å². The Hall–Kier alpha value is -0.680. The monoisotopic (exact) mass is 277 g/mol. The van der Waals surface area contributed by atoms with Gasteiger partial charge in [0.25, 0.3) is 0 Å². The van der Waals surface area contributed by atoms with Crippen LogP contribution in [0, 0.1) is 11.6 Å². The lowest BCUT2D eigenvalue weighted by atomic mass is 10.2. The third-order valence-corrected chi connectivity index (χ3v) is 3.10. The lowest BCUT2D eigenvalue weighted by molar-refractivity contribution is 0.122. The quantitative estimate of drug-likeness (QED) is 0.732. The number of ether oxygens (including phenoxy) is 1. The van der Waals surface area contributed by atoms with Crippen molar-refractivity contribution in [3.05, 3.63) is 28.2 Å². The molecule has 0 N–H and O–H groups in total. The maximum Gasteiger partial charge on any atom is 0.142 e. The first-order valence-electron chi connectivity index (χ1n) is 4.66. The topological polar surface area (TPSA) is 12.5 Å². The van der Waals surface area contributed by atoms with E-state index in [1.165, 1.54) is 12.1 Å². The highest BCUT2D eigenvalue weighted by Crippen LogP contribution is 2.26. The van der Waals surface area contributed by atoms with Crippen molar-refractivity contribution >= 4 is 21.6 Å². The molecule has 15 heavy (non-hydrogen) atoms. The Bertz CT molecular complexity index is 343. The van der Waals surface area contributed by atoms with Crippen molar-refractivity contribution < 1.29 is 13.5 Å². The van der Waals surface area contributed by atoms with E-state index in [9.17, 15) is 8.78 Å². The molecule has 2 nitrogen and oxygen atoms in total. The fraction of sp³-hybridized carbons (Fsp3) is 0.400. The number of hydrogen-bond acceptors (Lipinski definition) is 2. The van der Waals surface area contributed by atoms with Gasteiger partial charge in [0.05, 0.1) is 17.7 Å². The van der Waals surface area contributed by atoms with Crippen molar-refractivity contribution in [3.8, 4) is 0 Å². The third kappa shape index (κ3) is 2.29. The molecule has 0 aliphatic carbocycles. The summed E-state index contributed by atoms with van der Waals surface area (Å²) < 4.78 is 31.6. The predicted octanol–water partition coefficient (Wildman–Crippen LogP) is 2.56. The number of anilines is 1. The molecule has 0 atom stereocenters. The first-order valence-corrected chi connectivity index (χ1v) is 5.45. The van der Waals surface area contributed by atoms with Crippen LogP contribution in [0.4, 0.5) is 14.5 Å². The Morgan fingerprint density at radius 1 is 1.13 bits per heavy atom. The van der Waals surface area contributed by atoms with Crippen molar-refractivity contribution in [2.24, 2.45) is 0 Å². The van der Waals surface area contributed by atoms with E-state index in [0.29, 0.717) is 32.0 Å². The summed E-state index contributed by atoms with van der Waals surface area (Å²) >= 11 is 2.84. The van der Waals surface area contributed by atoms with Gasteiger partial charge in [-0.05, 0) is 28.1 Å². The van der Waals surface area contributed by atoms with E-state index in [-0.39, 0.29) is 4.47 Å². The zero-order valence-electron chi connectivity index (χ0n) is 7.97. The molecule has 1 saturated heterocycles. The second-order valence-corrected chi connectivity index (χ2v) is 4.12. The van der Waals surface area contributed by atoms with E-state index in [4.69, 9.17) is 4.74 Å². The number of benzene rings is 1. The van der Waals surface area contributed by atoms with Crippen LogP contribution in [0.1, 0.15) is 0 Å². The average Bonchev–Trinajstić information content (AvgIpc) is 2.26. The Labute approximate surface area is 95.0 Å². The van der Waals surface area contributed by atoms with Crippen molar-refractivity contribution in [3.63, 3.8) is 0 Å². The lowest BCUT2D eigenvalue weighted by Crippen LogP contribution is -2.36. The second-order valence-electron chi connectivity index (χ2n) is 3.32. The van der Waals surface area contributed by atoms with Crippen molar-refractivity contribution in [2.75, 3.05) is 31.2 Å². The molecule has 0 radical (unpaired) electrons. The molecule has 0 saturated carbocycles. The van der Waals surface area contributed by atoms with Gasteiger partial charge in [0.2, 0.25) is 0 Å². The summed E-state index contributed by atoms with van der Waals surface area (Å²) in [5, 5.41) is 0. The van der Waals surface area contributed by atoms with Crippen LogP contribution >= 0.6 is 15.9 Å². The fourth-order valence-electron chi connectivity index (χ4n) is 1.55. The molecule has 0 amide bonds. The largest absolute Gasteiger partial charge is 0.378 e. The summed E-state index contributed by atoms with van der Waals surface area (Å²) in [7, 11) is 0. The molecule has 5 heteroatoms. The van der Waals surface area contributed by atoms with Crippen molar-refractivity contribution in [2.45, 2.75) is 0 Å².